The van der Waals surface area contributed by atoms with Gasteiger partial charge in [-0.3, -0.25) is 0 Å². The maximum Gasteiger partial charge on any atom is 0.414 e. The number of thioether (sulfide) groups is 1. The Hall–Kier alpha value is -1.77. The van der Waals surface area contributed by atoms with E-state index >= 15 is 0 Å². The van der Waals surface area contributed by atoms with Gasteiger partial charge in [0.1, 0.15) is 0 Å². The van der Waals surface area contributed by atoms with Crippen LogP contribution in [0.15, 0.2) is 34.7 Å². The zero-order chi connectivity index (χ0) is 26.1. The Labute approximate surface area is 217 Å². The van der Waals surface area contributed by atoms with Gasteiger partial charge in [-0.2, -0.15) is 11.8 Å². The summed E-state index contributed by atoms with van der Waals surface area (Å²) in [5.41, 5.74) is 8.41. The Balaban J connectivity index is 0.000000455. The van der Waals surface area contributed by atoms with Gasteiger partial charge in [-0.05, 0) is 105 Å². The van der Waals surface area contributed by atoms with Crippen LogP contribution in [0.3, 0.4) is 0 Å². The van der Waals surface area contributed by atoms with E-state index in [1.54, 1.807) is 11.8 Å². The number of carboxylic acid groups (broad SMARTS) is 2. The quantitative estimate of drug-likeness (QED) is 0.241. The minimum atomic E-state index is -1.82. The molecule has 0 radical (unpaired) electrons. The average molecular weight is 520 g/mol. The lowest BCUT2D eigenvalue weighted by molar-refractivity contribution is -0.171. The molecule has 7 atom stereocenters. The molecule has 0 bridgehead atoms. The lowest BCUT2D eigenvalue weighted by Gasteiger charge is -2.61. The standard InChI is InChI=1S/C26H39NO2S.C2H2O4/c1-24-10-6-20(30-15-3-13-27)16-19(24)4-5-23-22(24)7-11-25(2)21(8-12-26(23,25)28)18-9-14-29-17-18;3-1(4)2(5)6/h4,9,14,17,20-23,28H,3,5-8,10-13,15-16,27H2,1-2H3;(H,3,4)(H,5,6)/t20-,21+,22-,23+,24-,25+,26-;/m0./s1. The fraction of sp³-hybridized carbons (Fsp3) is 0.714. The SMILES string of the molecule is C[C@]12CC[C@H](SCCCN)CC1=CC[C@@H]1[C@@H]2CC[C@]2(C)[C@@H](c3ccoc3)CC[C@]12O.O=C(O)C(=O)O. The molecule has 0 spiro atoms. The molecule has 3 fully saturated rings. The maximum absolute atomic E-state index is 12.3. The first kappa shape index (κ1) is 27.3. The number of furan rings is 1. The molecule has 0 unspecified atom stereocenters. The average Bonchev–Trinajstić information content (AvgIpc) is 3.45. The number of aliphatic carboxylic acids is 2. The summed E-state index contributed by atoms with van der Waals surface area (Å²) < 4.78 is 5.42. The van der Waals surface area contributed by atoms with Gasteiger partial charge in [0.05, 0.1) is 18.1 Å². The topological polar surface area (TPSA) is 134 Å². The number of nitrogens with two attached hydrogens (primary N) is 1. The first-order chi connectivity index (χ1) is 17.1. The fourth-order valence-corrected chi connectivity index (χ4v) is 9.32. The van der Waals surface area contributed by atoms with Crippen LogP contribution in [-0.2, 0) is 9.59 Å². The van der Waals surface area contributed by atoms with Crippen molar-refractivity contribution >= 4 is 23.7 Å². The summed E-state index contributed by atoms with van der Waals surface area (Å²) in [7, 11) is 0. The van der Waals surface area contributed by atoms with Crippen molar-refractivity contribution < 1.29 is 29.3 Å². The van der Waals surface area contributed by atoms with Crippen molar-refractivity contribution in [2.45, 2.75) is 88.4 Å². The van der Waals surface area contributed by atoms with E-state index in [-0.39, 0.29) is 5.41 Å². The highest BCUT2D eigenvalue weighted by Crippen LogP contribution is 2.69. The summed E-state index contributed by atoms with van der Waals surface area (Å²) in [4.78, 5) is 18.2. The van der Waals surface area contributed by atoms with E-state index in [9.17, 15) is 5.11 Å². The van der Waals surface area contributed by atoms with Crippen molar-refractivity contribution in [2.75, 3.05) is 12.3 Å². The number of carboxylic acids is 2. The molecule has 3 saturated carbocycles. The second-order valence-corrected chi connectivity index (χ2v) is 13.0. The van der Waals surface area contributed by atoms with Crippen molar-refractivity contribution in [3.05, 3.63) is 35.8 Å². The molecule has 1 heterocycles. The molecule has 0 saturated heterocycles. The first-order valence-electron chi connectivity index (χ1n) is 13.3. The molecule has 8 heteroatoms. The van der Waals surface area contributed by atoms with Crippen LogP contribution in [0.2, 0.25) is 0 Å². The van der Waals surface area contributed by atoms with Crippen molar-refractivity contribution in [3.8, 4) is 0 Å². The molecule has 4 aliphatic carbocycles. The molecule has 4 aliphatic rings. The van der Waals surface area contributed by atoms with E-state index in [0.717, 1.165) is 43.9 Å². The second-order valence-electron chi connectivity index (χ2n) is 11.6. The van der Waals surface area contributed by atoms with Gasteiger partial charge in [0, 0.05) is 10.7 Å². The van der Waals surface area contributed by atoms with E-state index < -0.39 is 17.5 Å². The summed E-state index contributed by atoms with van der Waals surface area (Å²) in [6.07, 6.45) is 16.8. The van der Waals surface area contributed by atoms with Crippen molar-refractivity contribution in [1.82, 2.24) is 0 Å². The Morgan fingerprint density at radius 2 is 1.86 bits per heavy atom. The molecule has 0 aliphatic heterocycles. The van der Waals surface area contributed by atoms with Gasteiger partial charge in [0.25, 0.3) is 0 Å². The number of rotatable bonds is 5. The van der Waals surface area contributed by atoms with Crippen LogP contribution in [0.5, 0.6) is 0 Å². The minimum absolute atomic E-state index is 0.0327. The third-order valence-electron chi connectivity index (χ3n) is 10.1. The van der Waals surface area contributed by atoms with E-state index in [1.165, 1.54) is 37.0 Å². The smallest absolute Gasteiger partial charge is 0.414 e. The molecule has 5 N–H and O–H groups in total. The third-order valence-corrected chi connectivity index (χ3v) is 11.5. The Bertz CT molecular complexity index is 967. The van der Waals surface area contributed by atoms with Gasteiger partial charge in [-0.25, -0.2) is 9.59 Å². The van der Waals surface area contributed by atoms with Gasteiger partial charge in [-0.1, -0.05) is 25.5 Å². The number of carbonyl (C=O) groups is 2. The summed E-state index contributed by atoms with van der Waals surface area (Å²) in [5, 5.41) is 27.8. The van der Waals surface area contributed by atoms with Crippen LogP contribution in [0.4, 0.5) is 0 Å². The highest BCUT2D eigenvalue weighted by molar-refractivity contribution is 7.99. The van der Waals surface area contributed by atoms with Gasteiger partial charge in [0.2, 0.25) is 0 Å². The summed E-state index contributed by atoms with van der Waals surface area (Å²) in [6, 6.07) is 2.12. The highest BCUT2D eigenvalue weighted by Gasteiger charge is 2.66. The first-order valence-corrected chi connectivity index (χ1v) is 14.3. The van der Waals surface area contributed by atoms with Crippen molar-refractivity contribution in [3.63, 3.8) is 0 Å². The highest BCUT2D eigenvalue weighted by atomic mass is 32.2. The predicted octanol–water partition coefficient (Wildman–Crippen LogP) is 5.05. The third kappa shape index (κ3) is 4.65. The number of hydrogen-bond acceptors (Lipinski definition) is 6. The minimum Gasteiger partial charge on any atom is -0.473 e. The van der Waals surface area contributed by atoms with E-state index in [4.69, 9.17) is 30.0 Å². The van der Waals surface area contributed by atoms with E-state index in [1.807, 2.05) is 6.26 Å². The lowest BCUT2D eigenvalue weighted by atomic mass is 9.45. The summed E-state index contributed by atoms with van der Waals surface area (Å²) in [6.45, 7) is 5.71. The van der Waals surface area contributed by atoms with Gasteiger partial charge >= 0.3 is 11.9 Å². The van der Waals surface area contributed by atoms with E-state index in [2.05, 4.69) is 37.8 Å². The Morgan fingerprint density at radius 1 is 1.11 bits per heavy atom. The van der Waals surface area contributed by atoms with Gasteiger partial charge < -0.3 is 25.5 Å². The summed E-state index contributed by atoms with van der Waals surface area (Å²) >= 11 is 2.14. The molecule has 200 valence electrons. The second kappa shape index (κ2) is 10.5. The van der Waals surface area contributed by atoms with Crippen LogP contribution in [0.25, 0.3) is 0 Å². The van der Waals surface area contributed by atoms with Crippen LogP contribution in [-0.4, -0.2) is 50.4 Å². The van der Waals surface area contributed by atoms with Gasteiger partial charge in [0.15, 0.2) is 0 Å². The molecule has 0 amide bonds. The Kier molecular flexibility index (Phi) is 7.98. The number of allylic oxidation sites excluding steroid dienone is 2. The number of fused-ring (bicyclic) bond motifs is 5. The molecular weight excluding hydrogens is 478 g/mol. The zero-order valence-electron chi connectivity index (χ0n) is 21.4. The van der Waals surface area contributed by atoms with Crippen LogP contribution >= 0.6 is 11.8 Å². The summed E-state index contributed by atoms with van der Waals surface area (Å²) in [5.74, 6) is -0.984. The molecule has 5 rings (SSSR count). The molecule has 7 nitrogen and oxygen atoms in total. The molecule has 1 aromatic rings. The lowest BCUT2D eigenvalue weighted by Crippen LogP contribution is -2.60. The van der Waals surface area contributed by atoms with Crippen LogP contribution in [0, 0.1) is 22.7 Å². The molecule has 36 heavy (non-hydrogen) atoms. The van der Waals surface area contributed by atoms with Gasteiger partial charge in [-0.15, -0.1) is 0 Å². The van der Waals surface area contributed by atoms with Crippen molar-refractivity contribution in [1.29, 1.82) is 0 Å². The maximum atomic E-state index is 12.3. The zero-order valence-corrected chi connectivity index (χ0v) is 22.3. The van der Waals surface area contributed by atoms with Crippen LogP contribution in [0.1, 0.15) is 83.1 Å². The largest absolute Gasteiger partial charge is 0.473 e. The molecule has 1 aromatic heterocycles. The fourth-order valence-electron chi connectivity index (χ4n) is 8.08. The predicted molar refractivity (Wildman–Crippen MR) is 140 cm³/mol. The van der Waals surface area contributed by atoms with Crippen molar-refractivity contribution in [2.24, 2.45) is 28.4 Å². The monoisotopic (exact) mass is 519 g/mol. The van der Waals surface area contributed by atoms with E-state index in [0.29, 0.717) is 23.2 Å². The van der Waals surface area contributed by atoms with Crippen LogP contribution < -0.4 is 5.73 Å². The number of hydrogen-bond donors (Lipinski definition) is 4. The normalized spacial score (nSPS) is 39.1. The number of aliphatic hydroxyl groups is 1. The molecule has 0 aromatic carbocycles. The molecular formula is C28H41NO6S. The Morgan fingerprint density at radius 3 is 2.50 bits per heavy atom.